The number of sulfonamides is 1. The van der Waals surface area contributed by atoms with Crippen molar-refractivity contribution in [2.45, 2.75) is 58.3 Å². The van der Waals surface area contributed by atoms with Crippen molar-refractivity contribution in [1.29, 1.82) is 0 Å². The fraction of sp³-hybridized carbons (Fsp3) is 0.650. The lowest BCUT2D eigenvalue weighted by Gasteiger charge is -2.33. The van der Waals surface area contributed by atoms with Gasteiger partial charge in [0.05, 0.1) is 4.90 Å². The Kier molecular flexibility index (Phi) is 6.86. The molecule has 1 aliphatic heterocycles. The lowest BCUT2D eigenvalue weighted by molar-refractivity contribution is -0.135. The Labute approximate surface area is 158 Å². The lowest BCUT2D eigenvalue weighted by Crippen LogP contribution is -2.43. The summed E-state index contributed by atoms with van der Waals surface area (Å²) in [6.45, 7) is 9.38. The van der Waals surface area contributed by atoms with Gasteiger partial charge in [0, 0.05) is 32.6 Å². The van der Waals surface area contributed by atoms with Crippen LogP contribution in [-0.2, 0) is 14.8 Å². The molecule has 0 N–H and O–H groups in total. The van der Waals surface area contributed by atoms with E-state index in [4.69, 9.17) is 0 Å². The number of nitrogens with zero attached hydrogens (tertiary/aromatic N) is 2. The molecular formula is C20H32N2O3S. The van der Waals surface area contributed by atoms with E-state index >= 15 is 0 Å². The maximum atomic E-state index is 13.1. The van der Waals surface area contributed by atoms with E-state index in [1.54, 1.807) is 9.21 Å². The smallest absolute Gasteiger partial charge is 0.243 e. The predicted octanol–water partition coefficient (Wildman–Crippen LogP) is 3.27. The summed E-state index contributed by atoms with van der Waals surface area (Å²) in [6.07, 6.45) is 3.25. The third kappa shape index (κ3) is 4.46. The van der Waals surface area contributed by atoms with Crippen LogP contribution >= 0.6 is 0 Å². The van der Waals surface area contributed by atoms with Crippen LogP contribution in [0.25, 0.3) is 0 Å². The second-order valence-corrected chi connectivity index (χ2v) is 9.39. The summed E-state index contributed by atoms with van der Waals surface area (Å²) >= 11 is 0. The van der Waals surface area contributed by atoms with E-state index < -0.39 is 10.0 Å². The summed E-state index contributed by atoms with van der Waals surface area (Å²) in [6, 6.07) is 3.83. The van der Waals surface area contributed by atoms with E-state index in [0.717, 1.165) is 36.1 Å². The second-order valence-electron chi connectivity index (χ2n) is 7.52. The fourth-order valence-corrected chi connectivity index (χ4v) is 5.74. The Balaban J connectivity index is 2.09. The molecule has 2 rings (SSSR count). The minimum Gasteiger partial charge on any atom is -0.346 e. The van der Waals surface area contributed by atoms with Crippen molar-refractivity contribution in [1.82, 2.24) is 9.21 Å². The van der Waals surface area contributed by atoms with Crippen LogP contribution in [-0.4, -0.2) is 50.2 Å². The van der Waals surface area contributed by atoms with Gasteiger partial charge >= 0.3 is 0 Å². The number of unbranched alkanes of at least 4 members (excludes halogenated alkanes) is 1. The average Bonchev–Trinajstić information content (AvgIpc) is 2.58. The first-order valence-electron chi connectivity index (χ1n) is 9.51. The largest absolute Gasteiger partial charge is 0.346 e. The van der Waals surface area contributed by atoms with Crippen LogP contribution in [0, 0.1) is 26.7 Å². The fourth-order valence-electron chi connectivity index (χ4n) is 3.86. The highest BCUT2D eigenvalue weighted by Crippen LogP contribution is 2.29. The van der Waals surface area contributed by atoms with Crippen LogP contribution in [0.4, 0.5) is 0 Å². The number of piperidine rings is 1. The highest BCUT2D eigenvalue weighted by molar-refractivity contribution is 7.89. The van der Waals surface area contributed by atoms with Crippen molar-refractivity contribution >= 4 is 15.9 Å². The first-order valence-corrected chi connectivity index (χ1v) is 11.0. The minimum absolute atomic E-state index is 0.0662. The number of benzene rings is 1. The summed E-state index contributed by atoms with van der Waals surface area (Å²) < 4.78 is 27.8. The van der Waals surface area contributed by atoms with E-state index in [-0.39, 0.29) is 11.8 Å². The summed E-state index contributed by atoms with van der Waals surface area (Å²) in [7, 11) is -1.67. The first kappa shape index (κ1) is 20.9. The zero-order valence-corrected chi connectivity index (χ0v) is 17.5. The quantitative estimate of drug-likeness (QED) is 0.761. The first-order chi connectivity index (χ1) is 12.2. The molecule has 26 heavy (non-hydrogen) atoms. The highest BCUT2D eigenvalue weighted by Gasteiger charge is 2.34. The van der Waals surface area contributed by atoms with E-state index in [1.807, 2.05) is 40.0 Å². The van der Waals surface area contributed by atoms with Crippen molar-refractivity contribution in [3.63, 3.8) is 0 Å². The summed E-state index contributed by atoms with van der Waals surface area (Å²) in [5.74, 6) is 0.0849. The highest BCUT2D eigenvalue weighted by atomic mass is 32.2. The Morgan fingerprint density at radius 1 is 1.15 bits per heavy atom. The molecule has 1 saturated heterocycles. The van der Waals surface area contributed by atoms with Gasteiger partial charge in [0.1, 0.15) is 0 Å². The van der Waals surface area contributed by atoms with Crippen molar-refractivity contribution < 1.29 is 13.2 Å². The number of rotatable bonds is 6. The summed E-state index contributed by atoms with van der Waals surface area (Å²) in [5, 5.41) is 0. The Morgan fingerprint density at radius 3 is 2.19 bits per heavy atom. The Morgan fingerprint density at radius 2 is 1.69 bits per heavy atom. The molecule has 6 heteroatoms. The van der Waals surface area contributed by atoms with E-state index in [9.17, 15) is 13.2 Å². The molecule has 5 nitrogen and oxygen atoms in total. The molecule has 0 spiro atoms. The third-order valence-electron chi connectivity index (χ3n) is 5.23. The van der Waals surface area contributed by atoms with E-state index in [0.29, 0.717) is 30.8 Å². The SMILES string of the molecule is CCCCN(C)C(=O)C1CCN(S(=O)(=O)c2c(C)cc(C)cc2C)CC1. The molecule has 1 amide bonds. The Hall–Kier alpha value is -1.40. The Bertz CT molecular complexity index is 727. The van der Waals surface area contributed by atoms with Crippen LogP contribution in [0.3, 0.4) is 0 Å². The molecule has 1 fully saturated rings. The number of carbonyl (C=O) groups is 1. The van der Waals surface area contributed by atoms with Gasteiger partial charge in [-0.25, -0.2) is 8.42 Å². The number of amides is 1. The van der Waals surface area contributed by atoms with Gasteiger partial charge in [0.15, 0.2) is 0 Å². The molecule has 1 heterocycles. The normalized spacial score (nSPS) is 16.7. The maximum Gasteiger partial charge on any atom is 0.243 e. The van der Waals surface area contributed by atoms with Gasteiger partial charge in [-0.2, -0.15) is 4.31 Å². The molecule has 0 atom stereocenters. The van der Waals surface area contributed by atoms with Crippen molar-refractivity contribution in [3.05, 3.63) is 28.8 Å². The number of aryl methyl sites for hydroxylation is 3. The van der Waals surface area contributed by atoms with Gasteiger partial charge in [-0.05, 0) is 51.2 Å². The van der Waals surface area contributed by atoms with Crippen molar-refractivity contribution in [2.75, 3.05) is 26.7 Å². The zero-order valence-electron chi connectivity index (χ0n) is 16.7. The van der Waals surface area contributed by atoms with Gasteiger partial charge < -0.3 is 4.90 Å². The van der Waals surface area contributed by atoms with Crippen molar-refractivity contribution in [2.24, 2.45) is 5.92 Å². The van der Waals surface area contributed by atoms with Crippen LogP contribution in [0.2, 0.25) is 0 Å². The minimum atomic E-state index is -3.52. The molecule has 146 valence electrons. The van der Waals surface area contributed by atoms with Crippen LogP contribution < -0.4 is 0 Å². The molecule has 1 aromatic carbocycles. The van der Waals surface area contributed by atoms with Gasteiger partial charge in [-0.3, -0.25) is 4.79 Å². The zero-order chi connectivity index (χ0) is 19.5. The molecule has 0 aromatic heterocycles. The van der Waals surface area contributed by atoms with Gasteiger partial charge in [0.25, 0.3) is 0 Å². The summed E-state index contributed by atoms with van der Waals surface area (Å²) in [5.41, 5.74) is 2.65. The molecule has 0 aliphatic carbocycles. The van der Waals surface area contributed by atoms with Crippen LogP contribution in [0.15, 0.2) is 17.0 Å². The van der Waals surface area contributed by atoms with Gasteiger partial charge in [0.2, 0.25) is 15.9 Å². The lowest BCUT2D eigenvalue weighted by atomic mass is 9.96. The monoisotopic (exact) mass is 380 g/mol. The third-order valence-corrected chi connectivity index (χ3v) is 7.43. The van der Waals surface area contributed by atoms with E-state index in [2.05, 4.69) is 6.92 Å². The van der Waals surface area contributed by atoms with Gasteiger partial charge in [-0.1, -0.05) is 31.0 Å². The number of hydrogen-bond donors (Lipinski definition) is 0. The average molecular weight is 381 g/mol. The van der Waals surface area contributed by atoms with Crippen LogP contribution in [0.1, 0.15) is 49.3 Å². The van der Waals surface area contributed by atoms with Crippen LogP contribution in [0.5, 0.6) is 0 Å². The standard InChI is InChI=1S/C20H32N2O3S/c1-6-7-10-21(5)20(23)18-8-11-22(12-9-18)26(24,25)19-16(3)13-15(2)14-17(19)4/h13-14,18H,6-12H2,1-5H3. The predicted molar refractivity (Wildman–Crippen MR) is 105 cm³/mol. The molecule has 0 unspecified atom stereocenters. The molecule has 0 bridgehead atoms. The van der Waals surface area contributed by atoms with Gasteiger partial charge in [-0.15, -0.1) is 0 Å². The van der Waals surface area contributed by atoms with Crippen molar-refractivity contribution in [3.8, 4) is 0 Å². The topological polar surface area (TPSA) is 57.7 Å². The molecule has 1 aromatic rings. The number of hydrogen-bond acceptors (Lipinski definition) is 3. The maximum absolute atomic E-state index is 13.1. The molecular weight excluding hydrogens is 348 g/mol. The second kappa shape index (κ2) is 8.53. The number of carbonyl (C=O) groups excluding carboxylic acids is 1. The molecule has 1 aliphatic rings. The molecule has 0 saturated carbocycles. The molecule has 0 radical (unpaired) electrons. The summed E-state index contributed by atoms with van der Waals surface area (Å²) in [4.78, 5) is 14.8. The van der Waals surface area contributed by atoms with E-state index in [1.165, 1.54) is 0 Å².